The smallest absolute Gasteiger partial charge is 0.220 e. The molecule has 1 aliphatic carbocycles. The summed E-state index contributed by atoms with van der Waals surface area (Å²) in [7, 11) is 0. The van der Waals surface area contributed by atoms with E-state index in [-0.39, 0.29) is 11.9 Å². The highest BCUT2D eigenvalue weighted by atomic mass is 32.2. The molecule has 1 fully saturated rings. The molecule has 0 aliphatic heterocycles. The zero-order valence-electron chi connectivity index (χ0n) is 9.71. The number of carbonyl (C=O) groups excluding carboxylic acids is 1. The zero-order valence-corrected chi connectivity index (χ0v) is 10.5. The Balaban J connectivity index is 2.04. The van der Waals surface area contributed by atoms with Crippen molar-refractivity contribution in [2.75, 3.05) is 12.8 Å². The molecule has 1 rings (SSSR count). The molecule has 0 aromatic carbocycles. The first-order valence-corrected chi connectivity index (χ1v) is 6.88. The largest absolute Gasteiger partial charge is 0.355 e. The molecule has 0 saturated heterocycles. The molecular formula is C11H22N2OS. The first-order chi connectivity index (χ1) is 7.08. The van der Waals surface area contributed by atoms with Gasteiger partial charge in [0.05, 0.1) is 0 Å². The van der Waals surface area contributed by atoms with Crippen LogP contribution in [0.3, 0.4) is 0 Å². The van der Waals surface area contributed by atoms with Crippen molar-refractivity contribution >= 4 is 17.7 Å². The van der Waals surface area contributed by atoms with Crippen molar-refractivity contribution in [1.29, 1.82) is 0 Å². The van der Waals surface area contributed by atoms with Crippen LogP contribution in [-0.2, 0) is 4.79 Å². The molecule has 0 heterocycles. The van der Waals surface area contributed by atoms with Crippen molar-refractivity contribution in [3.8, 4) is 0 Å². The van der Waals surface area contributed by atoms with E-state index in [0.29, 0.717) is 11.2 Å². The molecule has 3 N–H and O–H groups in total. The van der Waals surface area contributed by atoms with Crippen molar-refractivity contribution in [3.63, 3.8) is 0 Å². The van der Waals surface area contributed by atoms with E-state index >= 15 is 0 Å². The van der Waals surface area contributed by atoms with Crippen LogP contribution in [0.15, 0.2) is 0 Å². The molecule has 0 aromatic rings. The maximum Gasteiger partial charge on any atom is 0.220 e. The third-order valence-corrected chi connectivity index (χ3v) is 4.33. The topological polar surface area (TPSA) is 55.1 Å². The van der Waals surface area contributed by atoms with E-state index in [2.05, 4.69) is 11.6 Å². The van der Waals surface area contributed by atoms with Crippen LogP contribution in [0.2, 0.25) is 0 Å². The third kappa shape index (κ3) is 4.89. The molecular weight excluding hydrogens is 208 g/mol. The van der Waals surface area contributed by atoms with Gasteiger partial charge in [-0.3, -0.25) is 4.79 Å². The zero-order chi connectivity index (χ0) is 11.3. The molecule has 1 unspecified atom stereocenters. The Labute approximate surface area is 96.6 Å². The lowest BCUT2D eigenvalue weighted by Crippen LogP contribution is -2.31. The summed E-state index contributed by atoms with van der Waals surface area (Å²) in [6.07, 6.45) is 7.06. The summed E-state index contributed by atoms with van der Waals surface area (Å²) in [4.78, 5) is 11.5. The van der Waals surface area contributed by atoms with Gasteiger partial charge in [0.2, 0.25) is 5.91 Å². The molecule has 4 heteroatoms. The van der Waals surface area contributed by atoms with Crippen LogP contribution in [-0.4, -0.2) is 29.5 Å². The predicted molar refractivity (Wildman–Crippen MR) is 66.0 cm³/mol. The second-order valence-electron chi connectivity index (χ2n) is 4.53. The maximum atomic E-state index is 11.5. The van der Waals surface area contributed by atoms with Gasteiger partial charge in [0, 0.05) is 23.8 Å². The van der Waals surface area contributed by atoms with Crippen molar-refractivity contribution in [3.05, 3.63) is 0 Å². The molecule has 3 nitrogen and oxygen atoms in total. The van der Waals surface area contributed by atoms with Gasteiger partial charge in [0.1, 0.15) is 0 Å². The van der Waals surface area contributed by atoms with Crippen LogP contribution in [0.25, 0.3) is 0 Å². The summed E-state index contributed by atoms with van der Waals surface area (Å²) in [5, 5.41) is 3.01. The van der Waals surface area contributed by atoms with Crippen molar-refractivity contribution in [2.24, 2.45) is 5.73 Å². The summed E-state index contributed by atoms with van der Waals surface area (Å²) in [5.74, 6) is 0.177. The number of hydrogen-bond donors (Lipinski definition) is 2. The van der Waals surface area contributed by atoms with Gasteiger partial charge in [0.15, 0.2) is 0 Å². The van der Waals surface area contributed by atoms with E-state index < -0.39 is 0 Å². The van der Waals surface area contributed by atoms with E-state index in [9.17, 15) is 4.79 Å². The third-order valence-electron chi connectivity index (χ3n) is 2.91. The number of carbonyl (C=O) groups is 1. The van der Waals surface area contributed by atoms with E-state index in [1.54, 1.807) is 0 Å². The maximum absolute atomic E-state index is 11.5. The number of nitrogens with two attached hydrogens (primary N) is 1. The van der Waals surface area contributed by atoms with Gasteiger partial charge < -0.3 is 11.1 Å². The Kier molecular flexibility index (Phi) is 4.93. The highest BCUT2D eigenvalue weighted by Gasteiger charge is 2.41. The lowest BCUT2D eigenvalue weighted by molar-refractivity contribution is -0.121. The molecule has 15 heavy (non-hydrogen) atoms. The van der Waals surface area contributed by atoms with Gasteiger partial charge in [-0.2, -0.15) is 11.8 Å². The Hall–Kier alpha value is -0.220. The molecule has 0 aromatic heterocycles. The summed E-state index contributed by atoms with van der Waals surface area (Å²) in [5.41, 5.74) is 5.62. The molecule has 88 valence electrons. The summed E-state index contributed by atoms with van der Waals surface area (Å²) in [6, 6.07) is 0.207. The number of amides is 1. The van der Waals surface area contributed by atoms with Crippen LogP contribution in [0.4, 0.5) is 0 Å². The van der Waals surface area contributed by atoms with Gasteiger partial charge in [-0.25, -0.2) is 0 Å². The fourth-order valence-electron chi connectivity index (χ4n) is 1.53. The quantitative estimate of drug-likeness (QED) is 0.697. The minimum atomic E-state index is 0.177. The number of rotatable bonds is 7. The van der Waals surface area contributed by atoms with Gasteiger partial charge in [-0.05, 0) is 38.9 Å². The molecule has 1 amide bonds. The van der Waals surface area contributed by atoms with Gasteiger partial charge in [0.25, 0.3) is 0 Å². The Morgan fingerprint density at radius 2 is 2.27 bits per heavy atom. The Morgan fingerprint density at radius 3 is 2.73 bits per heavy atom. The van der Waals surface area contributed by atoms with E-state index in [1.165, 1.54) is 12.8 Å². The Morgan fingerprint density at radius 1 is 1.60 bits per heavy atom. The van der Waals surface area contributed by atoms with Crippen molar-refractivity contribution in [2.45, 2.75) is 49.8 Å². The molecule has 0 radical (unpaired) electrons. The minimum Gasteiger partial charge on any atom is -0.355 e. The van der Waals surface area contributed by atoms with Crippen LogP contribution in [0.1, 0.15) is 39.0 Å². The number of nitrogens with one attached hydrogen (secondary N) is 1. The first-order valence-electron chi connectivity index (χ1n) is 5.65. The average Bonchev–Trinajstić information content (AvgIpc) is 2.95. The van der Waals surface area contributed by atoms with Crippen LogP contribution >= 0.6 is 11.8 Å². The summed E-state index contributed by atoms with van der Waals surface area (Å²) >= 11 is 1.87. The van der Waals surface area contributed by atoms with Gasteiger partial charge in [-0.15, -0.1) is 0 Å². The highest BCUT2D eigenvalue weighted by Crippen LogP contribution is 2.46. The highest BCUT2D eigenvalue weighted by molar-refractivity contribution is 8.00. The lowest BCUT2D eigenvalue weighted by Gasteiger charge is -2.13. The molecule has 1 saturated carbocycles. The van der Waals surface area contributed by atoms with E-state index in [1.807, 2.05) is 18.7 Å². The van der Waals surface area contributed by atoms with Crippen molar-refractivity contribution in [1.82, 2.24) is 5.32 Å². The van der Waals surface area contributed by atoms with E-state index in [4.69, 9.17) is 5.73 Å². The van der Waals surface area contributed by atoms with Crippen LogP contribution in [0, 0.1) is 0 Å². The predicted octanol–water partition coefficient (Wildman–Crippen LogP) is 1.52. The minimum absolute atomic E-state index is 0.177. The first kappa shape index (κ1) is 12.8. The lowest BCUT2D eigenvalue weighted by atomic mass is 10.1. The molecule has 0 spiro atoms. The summed E-state index contributed by atoms with van der Waals surface area (Å²) < 4.78 is 0.372. The fraction of sp³-hybridized carbons (Fsp3) is 0.909. The second-order valence-corrected chi connectivity index (χ2v) is 5.81. The molecule has 1 atom stereocenters. The Bertz CT molecular complexity index is 215. The number of thioether (sulfide) groups is 1. The van der Waals surface area contributed by atoms with Gasteiger partial charge in [-0.1, -0.05) is 0 Å². The summed E-state index contributed by atoms with van der Waals surface area (Å²) in [6.45, 7) is 2.82. The molecule has 1 aliphatic rings. The van der Waals surface area contributed by atoms with Crippen LogP contribution in [0.5, 0.6) is 0 Å². The normalized spacial score (nSPS) is 19.7. The second kappa shape index (κ2) is 5.75. The standard InChI is InChI=1S/C11H22N2OS/c1-9(12)4-3-5-10(14)13-8-11(15-2)6-7-11/h9H,3-8,12H2,1-2H3,(H,13,14). The van der Waals surface area contributed by atoms with Gasteiger partial charge >= 0.3 is 0 Å². The SMILES string of the molecule is CSC1(CNC(=O)CCCC(C)N)CC1. The monoisotopic (exact) mass is 230 g/mol. The number of hydrogen-bond acceptors (Lipinski definition) is 3. The van der Waals surface area contributed by atoms with Crippen LogP contribution < -0.4 is 11.1 Å². The van der Waals surface area contributed by atoms with E-state index in [0.717, 1.165) is 19.4 Å². The fourth-order valence-corrected chi connectivity index (χ4v) is 2.25. The molecule has 0 bridgehead atoms. The average molecular weight is 230 g/mol. The van der Waals surface area contributed by atoms with Crippen molar-refractivity contribution < 1.29 is 4.79 Å².